The molecule has 2 aliphatic heterocycles. The number of thiazole rings is 1. The summed E-state index contributed by atoms with van der Waals surface area (Å²) in [7, 11) is 3.99. The van der Waals surface area contributed by atoms with Crippen LogP contribution in [0.15, 0.2) is 34.1 Å². The van der Waals surface area contributed by atoms with Gasteiger partial charge in [0, 0.05) is 42.4 Å². The van der Waals surface area contributed by atoms with E-state index in [9.17, 15) is 19.2 Å². The summed E-state index contributed by atoms with van der Waals surface area (Å²) in [6, 6.07) is 8.39. The van der Waals surface area contributed by atoms with Gasteiger partial charge in [0.15, 0.2) is 0 Å². The molecule has 1 saturated heterocycles. The van der Waals surface area contributed by atoms with E-state index >= 15 is 0 Å². The minimum absolute atomic E-state index is 0.00617. The number of aromatic amines is 1. The Morgan fingerprint density at radius 1 is 1.12 bits per heavy atom. The predicted octanol–water partition coefficient (Wildman–Crippen LogP) is 2.45. The Labute approximate surface area is 204 Å². The minimum atomic E-state index is -1.01. The van der Waals surface area contributed by atoms with E-state index in [0.717, 1.165) is 27.6 Å². The summed E-state index contributed by atoms with van der Waals surface area (Å²) < 4.78 is 0. The molecule has 4 aliphatic rings. The summed E-state index contributed by atoms with van der Waals surface area (Å²) in [5, 5.41) is 10.1. The van der Waals surface area contributed by atoms with Crippen LogP contribution in [-0.4, -0.2) is 58.7 Å². The Hall–Kier alpha value is -2.59. The van der Waals surface area contributed by atoms with E-state index in [1.165, 1.54) is 16.2 Å². The molecule has 2 saturated carbocycles. The summed E-state index contributed by atoms with van der Waals surface area (Å²) in [4.78, 5) is 57.1. The van der Waals surface area contributed by atoms with Crippen molar-refractivity contribution in [2.45, 2.75) is 29.0 Å². The predicted molar refractivity (Wildman–Crippen MR) is 128 cm³/mol. The first-order valence-corrected chi connectivity index (χ1v) is 13.2. The molecule has 10 heteroatoms. The third kappa shape index (κ3) is 3.04. The van der Waals surface area contributed by atoms with Crippen molar-refractivity contribution < 1.29 is 19.5 Å². The third-order valence-corrected chi connectivity index (χ3v) is 10.7. The minimum Gasteiger partial charge on any atom is -0.481 e. The van der Waals surface area contributed by atoms with E-state index in [0.29, 0.717) is 0 Å². The van der Waals surface area contributed by atoms with Gasteiger partial charge in [-0.3, -0.25) is 24.1 Å². The summed E-state index contributed by atoms with van der Waals surface area (Å²) in [5.41, 5.74) is 2.22. The van der Waals surface area contributed by atoms with Gasteiger partial charge in [-0.15, -0.1) is 11.8 Å². The third-order valence-electron chi connectivity index (χ3n) is 8.13. The van der Waals surface area contributed by atoms with Crippen molar-refractivity contribution in [1.82, 2.24) is 9.88 Å². The van der Waals surface area contributed by atoms with Crippen LogP contribution < -0.4 is 9.77 Å². The number of imide groups is 1. The van der Waals surface area contributed by atoms with Crippen LogP contribution in [0.5, 0.6) is 0 Å². The monoisotopic (exact) mass is 499 g/mol. The molecule has 6 rings (SSSR count). The quantitative estimate of drug-likeness (QED) is 0.608. The Morgan fingerprint density at radius 2 is 1.79 bits per heavy atom. The molecule has 2 amide bonds. The molecule has 2 aromatic rings. The average Bonchev–Trinajstić information content (AvgIpc) is 3.51. The van der Waals surface area contributed by atoms with Gasteiger partial charge in [0.2, 0.25) is 11.8 Å². The second-order valence-electron chi connectivity index (χ2n) is 9.92. The van der Waals surface area contributed by atoms with Crippen LogP contribution in [0.4, 0.5) is 5.69 Å². The second kappa shape index (κ2) is 7.71. The van der Waals surface area contributed by atoms with Crippen molar-refractivity contribution in [3.8, 4) is 0 Å². The molecule has 1 aromatic heterocycles. The number of nitrogens with zero attached hydrogens (tertiary/aromatic N) is 2. The number of carboxylic acid groups (broad SMARTS) is 1. The number of carboxylic acids is 1. The van der Waals surface area contributed by atoms with Gasteiger partial charge in [-0.1, -0.05) is 23.5 Å². The number of anilines is 1. The molecule has 2 aliphatic carbocycles. The number of fused-ring (bicyclic) bond motifs is 9. The van der Waals surface area contributed by atoms with Gasteiger partial charge in [0.05, 0.1) is 23.3 Å². The molecule has 0 radical (unpaired) electrons. The standard InChI is InChI=1S/C24H25N3O5S2/c1-26(2)11-5-3-10(4-6-11)15-16-12-9-13(19(16)33-21-20(15)34-24(32)25-21)18-17(12)22(30)27(23(18)31)8-7-14(28)29/h3-6,12-13,15-19H,7-9H2,1-2H3,(H,25,32)(H,28,29)/t12?,13?,15-,16?,17?,18?,19?/m1/s1. The number of hydrogen-bond acceptors (Lipinski definition) is 7. The maximum absolute atomic E-state index is 13.3. The first-order valence-electron chi connectivity index (χ1n) is 11.5. The first-order chi connectivity index (χ1) is 16.3. The molecule has 34 heavy (non-hydrogen) atoms. The summed E-state index contributed by atoms with van der Waals surface area (Å²) >= 11 is 2.91. The number of nitrogens with one attached hydrogen (secondary N) is 1. The van der Waals surface area contributed by atoms with Crippen LogP contribution in [0.1, 0.15) is 29.2 Å². The van der Waals surface area contributed by atoms with Crippen molar-refractivity contribution in [3.63, 3.8) is 0 Å². The number of carbonyl (C=O) groups excluding carboxylic acids is 2. The molecule has 1 aromatic carbocycles. The van der Waals surface area contributed by atoms with Crippen LogP contribution in [0, 0.1) is 29.6 Å². The zero-order valence-electron chi connectivity index (χ0n) is 18.8. The number of likely N-dealkylation sites (tertiary alicyclic amines) is 1. The van der Waals surface area contributed by atoms with Crippen molar-refractivity contribution in [1.29, 1.82) is 0 Å². The molecular formula is C24H25N3O5S2. The Balaban J connectivity index is 1.40. The van der Waals surface area contributed by atoms with Crippen LogP contribution in [0.25, 0.3) is 0 Å². The lowest BCUT2D eigenvalue weighted by atomic mass is 9.68. The van der Waals surface area contributed by atoms with E-state index in [1.807, 2.05) is 19.0 Å². The highest BCUT2D eigenvalue weighted by atomic mass is 32.2. The Kier molecular flexibility index (Phi) is 4.97. The Morgan fingerprint density at radius 3 is 2.44 bits per heavy atom. The summed E-state index contributed by atoms with van der Waals surface area (Å²) in [6.07, 6.45) is 0.598. The SMILES string of the molecule is CN(C)c1ccc([C@H]2c3sc(=O)[nH]c3SC3C4CC(C5C(=O)N(CCC(=O)O)C(=O)C45)C32)cc1. The molecule has 8 nitrogen and oxygen atoms in total. The van der Waals surface area contributed by atoms with Gasteiger partial charge in [-0.25, -0.2) is 0 Å². The average molecular weight is 500 g/mol. The number of rotatable bonds is 5. The van der Waals surface area contributed by atoms with Crippen LogP contribution in [0.2, 0.25) is 0 Å². The van der Waals surface area contributed by atoms with Gasteiger partial charge in [-0.2, -0.15) is 0 Å². The van der Waals surface area contributed by atoms with Gasteiger partial charge in [-0.05, 0) is 41.9 Å². The van der Waals surface area contributed by atoms with Gasteiger partial charge < -0.3 is 15.0 Å². The lowest BCUT2D eigenvalue weighted by Crippen LogP contribution is -2.42. The molecule has 3 fully saturated rings. The van der Waals surface area contributed by atoms with Crippen molar-refractivity contribution in [2.24, 2.45) is 29.6 Å². The molecule has 3 heterocycles. The van der Waals surface area contributed by atoms with E-state index < -0.39 is 5.97 Å². The highest BCUT2D eigenvalue weighted by Crippen LogP contribution is 2.68. The number of aliphatic carboxylic acids is 1. The van der Waals surface area contributed by atoms with E-state index in [4.69, 9.17) is 5.11 Å². The highest BCUT2D eigenvalue weighted by molar-refractivity contribution is 8.00. The smallest absolute Gasteiger partial charge is 0.305 e. The maximum atomic E-state index is 13.3. The number of hydrogen-bond donors (Lipinski definition) is 2. The van der Waals surface area contributed by atoms with E-state index in [1.54, 1.807) is 11.8 Å². The summed E-state index contributed by atoms with van der Waals surface area (Å²) in [5.74, 6) is -1.94. The van der Waals surface area contributed by atoms with E-state index in [2.05, 4.69) is 29.2 Å². The fraction of sp³-hybridized carbons (Fsp3) is 0.500. The zero-order chi connectivity index (χ0) is 23.9. The number of carbonyl (C=O) groups is 3. The topological polar surface area (TPSA) is 111 Å². The molecule has 7 atom stereocenters. The van der Waals surface area contributed by atoms with Gasteiger partial charge in [0.25, 0.3) is 0 Å². The zero-order valence-corrected chi connectivity index (χ0v) is 20.4. The maximum Gasteiger partial charge on any atom is 0.305 e. The normalized spacial score (nSPS) is 33.1. The molecule has 2 bridgehead atoms. The first kappa shape index (κ1) is 21.9. The second-order valence-corrected chi connectivity index (χ2v) is 12.1. The van der Waals surface area contributed by atoms with Crippen LogP contribution >= 0.6 is 23.1 Å². The van der Waals surface area contributed by atoms with Gasteiger partial charge in [0.1, 0.15) is 0 Å². The molecule has 2 N–H and O–H groups in total. The molecule has 6 unspecified atom stereocenters. The lowest BCUT2D eigenvalue weighted by molar-refractivity contribution is -0.142. The van der Waals surface area contributed by atoms with Crippen molar-refractivity contribution >= 4 is 46.6 Å². The molecule has 178 valence electrons. The largest absolute Gasteiger partial charge is 0.481 e. The number of amides is 2. The molecular weight excluding hydrogens is 474 g/mol. The fourth-order valence-corrected chi connectivity index (χ4v) is 9.75. The van der Waals surface area contributed by atoms with Crippen molar-refractivity contribution in [3.05, 3.63) is 44.4 Å². The fourth-order valence-electron chi connectivity index (χ4n) is 6.86. The lowest BCUT2D eigenvalue weighted by Gasteiger charge is -2.43. The van der Waals surface area contributed by atoms with Gasteiger partial charge >= 0.3 is 10.8 Å². The highest BCUT2D eigenvalue weighted by Gasteiger charge is 2.69. The number of thioether (sulfide) groups is 1. The molecule has 0 spiro atoms. The Bertz CT molecular complexity index is 1250. The van der Waals surface area contributed by atoms with E-state index in [-0.39, 0.29) is 70.4 Å². The summed E-state index contributed by atoms with van der Waals surface area (Å²) in [6.45, 7) is -0.0575. The van der Waals surface area contributed by atoms with Crippen LogP contribution in [0.3, 0.4) is 0 Å². The number of benzene rings is 1. The number of aromatic nitrogens is 1. The van der Waals surface area contributed by atoms with Crippen molar-refractivity contribution in [2.75, 3.05) is 25.5 Å². The number of H-pyrrole nitrogens is 1. The van der Waals surface area contributed by atoms with Crippen LogP contribution in [-0.2, 0) is 14.4 Å².